The molecule has 1 aromatic rings. The maximum atomic E-state index is 5.10. The number of aromatic nitrogens is 1. The van der Waals surface area contributed by atoms with Crippen molar-refractivity contribution in [2.75, 3.05) is 6.61 Å². The largest absolute Gasteiger partial charge is 0.396 e. The van der Waals surface area contributed by atoms with Gasteiger partial charge in [0, 0.05) is 12.4 Å². The van der Waals surface area contributed by atoms with Gasteiger partial charge in [-0.25, -0.2) is 0 Å². The third-order valence-corrected chi connectivity index (χ3v) is 1.77. The summed E-state index contributed by atoms with van der Waals surface area (Å²) in [5, 5.41) is 3.86. The second kappa shape index (κ2) is 6.13. The Morgan fingerprint density at radius 1 is 1.43 bits per heavy atom. The van der Waals surface area contributed by atoms with E-state index in [1.165, 1.54) is 0 Å². The van der Waals surface area contributed by atoms with E-state index in [1.54, 1.807) is 18.6 Å². The van der Waals surface area contributed by atoms with E-state index in [-0.39, 0.29) is 0 Å². The topological polar surface area (TPSA) is 34.5 Å². The lowest BCUT2D eigenvalue weighted by Gasteiger charge is -2.01. The third kappa shape index (κ3) is 4.60. The summed E-state index contributed by atoms with van der Waals surface area (Å²) in [4.78, 5) is 9.01. The summed E-state index contributed by atoms with van der Waals surface area (Å²) in [7, 11) is 0. The zero-order chi connectivity index (χ0) is 10.2. The van der Waals surface area contributed by atoms with Crippen LogP contribution in [0.2, 0.25) is 0 Å². The molecule has 1 rings (SSSR count). The van der Waals surface area contributed by atoms with Gasteiger partial charge in [0.1, 0.15) is 6.61 Å². The van der Waals surface area contributed by atoms with Crippen LogP contribution in [0.15, 0.2) is 29.7 Å². The second-order valence-corrected chi connectivity index (χ2v) is 3.53. The molecule has 1 aromatic heterocycles. The molecular weight excluding hydrogens is 176 g/mol. The molecule has 0 aliphatic rings. The summed E-state index contributed by atoms with van der Waals surface area (Å²) >= 11 is 0. The SMILES string of the molecule is CC(C)CCO/N=C\c1ccncc1. The molecule has 1 heterocycles. The average molecular weight is 192 g/mol. The predicted octanol–water partition coefficient (Wildman–Crippen LogP) is 2.48. The van der Waals surface area contributed by atoms with Crippen LogP contribution in [0.3, 0.4) is 0 Å². The van der Waals surface area contributed by atoms with Crippen LogP contribution in [0.5, 0.6) is 0 Å². The van der Waals surface area contributed by atoms with E-state index in [0.29, 0.717) is 12.5 Å². The third-order valence-electron chi connectivity index (χ3n) is 1.77. The first-order chi connectivity index (χ1) is 6.79. The maximum absolute atomic E-state index is 5.10. The molecule has 0 atom stereocenters. The quantitative estimate of drug-likeness (QED) is 0.408. The van der Waals surface area contributed by atoms with Crippen LogP contribution in [0.25, 0.3) is 0 Å². The molecule has 0 radical (unpaired) electrons. The molecule has 76 valence electrons. The van der Waals surface area contributed by atoms with Gasteiger partial charge < -0.3 is 4.84 Å². The van der Waals surface area contributed by atoms with Gasteiger partial charge in [0.2, 0.25) is 0 Å². The van der Waals surface area contributed by atoms with Crippen molar-refractivity contribution in [1.82, 2.24) is 4.98 Å². The van der Waals surface area contributed by atoms with Gasteiger partial charge in [-0.2, -0.15) is 0 Å². The molecule has 0 spiro atoms. The minimum absolute atomic E-state index is 0.658. The Balaban J connectivity index is 2.21. The molecule has 0 aliphatic heterocycles. The summed E-state index contributed by atoms with van der Waals surface area (Å²) in [6.45, 7) is 5.01. The van der Waals surface area contributed by atoms with Gasteiger partial charge in [-0.1, -0.05) is 19.0 Å². The van der Waals surface area contributed by atoms with Gasteiger partial charge in [-0.05, 0) is 30.0 Å². The van der Waals surface area contributed by atoms with Crippen molar-refractivity contribution in [3.8, 4) is 0 Å². The van der Waals surface area contributed by atoms with Crippen molar-refractivity contribution >= 4 is 6.21 Å². The van der Waals surface area contributed by atoms with E-state index in [0.717, 1.165) is 12.0 Å². The lowest BCUT2D eigenvalue weighted by molar-refractivity contribution is 0.134. The van der Waals surface area contributed by atoms with E-state index in [1.807, 2.05) is 12.1 Å². The number of hydrogen-bond donors (Lipinski definition) is 0. The van der Waals surface area contributed by atoms with E-state index < -0.39 is 0 Å². The minimum Gasteiger partial charge on any atom is -0.396 e. The molecular formula is C11H16N2O. The lowest BCUT2D eigenvalue weighted by Crippen LogP contribution is -1.94. The Morgan fingerprint density at radius 2 is 2.14 bits per heavy atom. The van der Waals surface area contributed by atoms with E-state index >= 15 is 0 Å². The fourth-order valence-corrected chi connectivity index (χ4v) is 0.889. The molecule has 0 bridgehead atoms. The first-order valence-corrected chi connectivity index (χ1v) is 4.84. The monoisotopic (exact) mass is 192 g/mol. The number of oxime groups is 1. The summed E-state index contributed by atoms with van der Waals surface area (Å²) in [5.74, 6) is 0.658. The van der Waals surface area contributed by atoms with Crippen LogP contribution in [-0.4, -0.2) is 17.8 Å². The Morgan fingerprint density at radius 3 is 2.79 bits per heavy atom. The van der Waals surface area contributed by atoms with Crippen molar-refractivity contribution in [3.63, 3.8) is 0 Å². The molecule has 0 N–H and O–H groups in total. The average Bonchev–Trinajstić information content (AvgIpc) is 2.18. The van der Waals surface area contributed by atoms with Gasteiger partial charge in [0.25, 0.3) is 0 Å². The Labute approximate surface area is 84.8 Å². The molecule has 0 fully saturated rings. The van der Waals surface area contributed by atoms with Gasteiger partial charge in [-0.15, -0.1) is 0 Å². The fraction of sp³-hybridized carbons (Fsp3) is 0.455. The highest BCUT2D eigenvalue weighted by Gasteiger charge is 1.92. The number of hydrogen-bond acceptors (Lipinski definition) is 3. The van der Waals surface area contributed by atoms with Crippen LogP contribution in [0.4, 0.5) is 0 Å². The van der Waals surface area contributed by atoms with Crippen molar-refractivity contribution in [3.05, 3.63) is 30.1 Å². The van der Waals surface area contributed by atoms with Crippen LogP contribution >= 0.6 is 0 Å². The Bertz CT molecular complexity index is 270. The lowest BCUT2D eigenvalue weighted by atomic mass is 10.1. The molecule has 0 unspecified atom stereocenters. The first-order valence-electron chi connectivity index (χ1n) is 4.84. The minimum atomic E-state index is 0.658. The van der Waals surface area contributed by atoms with Crippen molar-refractivity contribution in [2.24, 2.45) is 11.1 Å². The number of nitrogens with zero attached hydrogens (tertiary/aromatic N) is 2. The van der Waals surface area contributed by atoms with E-state index in [2.05, 4.69) is 24.0 Å². The normalized spacial score (nSPS) is 11.1. The highest BCUT2D eigenvalue weighted by Crippen LogP contribution is 1.99. The molecule has 14 heavy (non-hydrogen) atoms. The summed E-state index contributed by atoms with van der Waals surface area (Å²) in [6.07, 6.45) is 6.20. The van der Waals surface area contributed by atoms with Gasteiger partial charge in [-0.3, -0.25) is 4.98 Å². The molecule has 0 amide bonds. The molecule has 3 heteroatoms. The van der Waals surface area contributed by atoms with Gasteiger partial charge in [0.15, 0.2) is 0 Å². The standard InChI is InChI=1S/C11H16N2O/c1-10(2)5-8-14-13-9-11-3-6-12-7-4-11/h3-4,6-7,9-10H,5,8H2,1-2H3/b13-9-. The van der Waals surface area contributed by atoms with Crippen LogP contribution < -0.4 is 0 Å². The maximum Gasteiger partial charge on any atom is 0.117 e. The highest BCUT2D eigenvalue weighted by atomic mass is 16.6. The van der Waals surface area contributed by atoms with Crippen molar-refractivity contribution in [1.29, 1.82) is 0 Å². The molecule has 0 saturated carbocycles. The predicted molar refractivity (Wildman–Crippen MR) is 57.2 cm³/mol. The molecule has 0 aliphatic carbocycles. The van der Waals surface area contributed by atoms with Crippen molar-refractivity contribution < 1.29 is 4.84 Å². The Hall–Kier alpha value is -1.38. The van der Waals surface area contributed by atoms with Gasteiger partial charge >= 0.3 is 0 Å². The molecule has 0 saturated heterocycles. The zero-order valence-corrected chi connectivity index (χ0v) is 8.68. The zero-order valence-electron chi connectivity index (χ0n) is 8.68. The number of pyridine rings is 1. The Kier molecular flexibility index (Phi) is 4.69. The molecule has 0 aromatic carbocycles. The van der Waals surface area contributed by atoms with E-state index in [9.17, 15) is 0 Å². The van der Waals surface area contributed by atoms with Crippen molar-refractivity contribution in [2.45, 2.75) is 20.3 Å². The van der Waals surface area contributed by atoms with E-state index in [4.69, 9.17) is 4.84 Å². The summed E-state index contributed by atoms with van der Waals surface area (Å²) in [5.41, 5.74) is 1.00. The van der Waals surface area contributed by atoms with Gasteiger partial charge in [0.05, 0.1) is 6.21 Å². The summed E-state index contributed by atoms with van der Waals surface area (Å²) < 4.78 is 0. The van der Waals surface area contributed by atoms with Crippen LogP contribution in [0.1, 0.15) is 25.8 Å². The van der Waals surface area contributed by atoms with Crippen LogP contribution in [0, 0.1) is 5.92 Å². The number of rotatable bonds is 5. The smallest absolute Gasteiger partial charge is 0.117 e. The highest BCUT2D eigenvalue weighted by molar-refractivity contribution is 5.78. The summed E-state index contributed by atoms with van der Waals surface area (Å²) in [6, 6.07) is 3.77. The molecule has 3 nitrogen and oxygen atoms in total. The first kappa shape index (κ1) is 10.7. The second-order valence-electron chi connectivity index (χ2n) is 3.53. The van der Waals surface area contributed by atoms with Crippen LogP contribution in [-0.2, 0) is 4.84 Å². The fourth-order valence-electron chi connectivity index (χ4n) is 0.889.